The molecule has 0 unspecified atom stereocenters. The summed E-state index contributed by atoms with van der Waals surface area (Å²) in [6.45, 7) is 14.2. The lowest BCUT2D eigenvalue weighted by molar-refractivity contribution is 0.00578. The van der Waals surface area contributed by atoms with Crippen LogP contribution in [-0.2, 0) is 9.31 Å². The number of rotatable bonds is 3. The van der Waals surface area contributed by atoms with Gasteiger partial charge >= 0.3 is 7.12 Å². The molecule has 0 radical (unpaired) electrons. The lowest BCUT2D eigenvalue weighted by atomic mass is 9.84. The van der Waals surface area contributed by atoms with Gasteiger partial charge < -0.3 is 19.1 Å². The van der Waals surface area contributed by atoms with Crippen LogP contribution in [0.5, 0.6) is 0 Å². The summed E-state index contributed by atoms with van der Waals surface area (Å²) in [5, 5.41) is 0. The fourth-order valence-electron chi connectivity index (χ4n) is 2.44. The van der Waals surface area contributed by atoms with E-state index in [0.717, 1.165) is 26.0 Å². The Balaban J connectivity index is 1.75. The van der Waals surface area contributed by atoms with Gasteiger partial charge in [0.25, 0.3) is 0 Å². The Labute approximate surface area is 112 Å². The number of nitrogens with zero attached hydrogens (tertiary/aromatic N) is 2. The number of hydrogen-bond donors (Lipinski definition) is 0. The highest BCUT2D eigenvalue weighted by Crippen LogP contribution is 2.37. The summed E-state index contributed by atoms with van der Waals surface area (Å²) in [4.78, 5) is 4.89. The zero-order valence-electron chi connectivity index (χ0n) is 12.5. The maximum Gasteiger partial charge on any atom is 0.459 e. The molecule has 0 spiro atoms. The molecule has 2 heterocycles. The first-order valence-corrected chi connectivity index (χ1v) is 7.07. The molecular weight excluding hydrogens is 227 g/mol. The second-order valence-electron chi connectivity index (χ2n) is 6.62. The molecule has 5 heteroatoms. The smallest absolute Gasteiger partial charge is 0.403 e. The molecule has 0 atom stereocenters. The van der Waals surface area contributed by atoms with E-state index in [1.165, 1.54) is 13.1 Å². The predicted octanol–water partition coefficient (Wildman–Crippen LogP) is 1.33. The van der Waals surface area contributed by atoms with Crippen LogP contribution in [-0.4, -0.2) is 67.9 Å². The minimum absolute atomic E-state index is 0.0466. The molecule has 2 rings (SSSR count). The molecule has 0 bridgehead atoms. The molecule has 2 fully saturated rings. The molecule has 4 nitrogen and oxygen atoms in total. The molecule has 0 N–H and O–H groups in total. The van der Waals surface area contributed by atoms with Crippen molar-refractivity contribution < 1.29 is 9.31 Å². The first-order valence-electron chi connectivity index (χ1n) is 7.07. The summed E-state index contributed by atoms with van der Waals surface area (Å²) in [6, 6.07) is 0. The van der Waals surface area contributed by atoms with Crippen LogP contribution >= 0.6 is 0 Å². The molecule has 0 amide bonds. The Morgan fingerprint density at radius 2 is 1.44 bits per heavy atom. The van der Waals surface area contributed by atoms with Crippen molar-refractivity contribution in [3.63, 3.8) is 0 Å². The van der Waals surface area contributed by atoms with E-state index in [0.29, 0.717) is 0 Å². The normalized spacial score (nSPS) is 28.8. The van der Waals surface area contributed by atoms with Crippen molar-refractivity contribution in [2.75, 3.05) is 39.8 Å². The number of likely N-dealkylation sites (N-methyl/N-ethyl adjacent to an activating group) is 1. The number of piperazine rings is 1. The van der Waals surface area contributed by atoms with Crippen molar-refractivity contribution in [3.8, 4) is 0 Å². The van der Waals surface area contributed by atoms with E-state index in [1.54, 1.807) is 0 Å². The Kier molecular flexibility index (Phi) is 4.07. The quantitative estimate of drug-likeness (QED) is 0.709. The minimum atomic E-state index is -0.195. The molecule has 2 saturated heterocycles. The zero-order chi connectivity index (χ0) is 13.4. The fraction of sp³-hybridized carbons (Fsp3) is 1.00. The van der Waals surface area contributed by atoms with Crippen LogP contribution in [0.2, 0.25) is 6.32 Å². The van der Waals surface area contributed by atoms with Crippen LogP contribution in [0, 0.1) is 0 Å². The summed E-state index contributed by atoms with van der Waals surface area (Å²) >= 11 is 0. The summed E-state index contributed by atoms with van der Waals surface area (Å²) in [5.41, 5.74) is -0.389. The predicted molar refractivity (Wildman–Crippen MR) is 74.8 cm³/mol. The molecule has 2 aliphatic rings. The third kappa shape index (κ3) is 3.07. The second-order valence-corrected chi connectivity index (χ2v) is 6.62. The van der Waals surface area contributed by atoms with Gasteiger partial charge in [0.2, 0.25) is 0 Å². The molecule has 0 aromatic rings. The second kappa shape index (κ2) is 5.12. The fourth-order valence-corrected chi connectivity index (χ4v) is 2.44. The van der Waals surface area contributed by atoms with Crippen LogP contribution in [0.15, 0.2) is 0 Å². The third-order valence-corrected chi connectivity index (χ3v) is 4.58. The molecule has 0 aromatic heterocycles. The van der Waals surface area contributed by atoms with E-state index in [2.05, 4.69) is 44.5 Å². The largest absolute Gasteiger partial charge is 0.459 e. The molecule has 104 valence electrons. The van der Waals surface area contributed by atoms with E-state index in [4.69, 9.17) is 9.31 Å². The van der Waals surface area contributed by atoms with E-state index < -0.39 is 0 Å². The molecule has 0 aliphatic carbocycles. The standard InChI is InChI=1S/C13H27BN2O2/c1-12(2)13(3,4)18-14(17-12)6-7-16-10-8-15(5)9-11-16/h6-11H2,1-5H3. The van der Waals surface area contributed by atoms with Gasteiger partial charge in [-0.15, -0.1) is 0 Å². The lowest BCUT2D eigenvalue weighted by Crippen LogP contribution is -2.45. The summed E-state index contributed by atoms with van der Waals surface area (Å²) in [5.74, 6) is 0. The maximum absolute atomic E-state index is 6.02. The Morgan fingerprint density at radius 3 is 1.94 bits per heavy atom. The maximum atomic E-state index is 6.02. The summed E-state index contributed by atoms with van der Waals surface area (Å²) in [7, 11) is 2.14. The topological polar surface area (TPSA) is 24.9 Å². The molecule has 18 heavy (non-hydrogen) atoms. The van der Waals surface area contributed by atoms with Crippen LogP contribution in [0.25, 0.3) is 0 Å². The average molecular weight is 254 g/mol. The first kappa shape index (κ1) is 14.3. The van der Waals surface area contributed by atoms with E-state index >= 15 is 0 Å². The highest BCUT2D eigenvalue weighted by Gasteiger charge is 2.50. The highest BCUT2D eigenvalue weighted by atomic mass is 16.7. The Bertz CT molecular complexity index is 273. The summed E-state index contributed by atoms with van der Waals surface area (Å²) in [6.07, 6.45) is 0.969. The van der Waals surface area contributed by atoms with Gasteiger partial charge in [0.15, 0.2) is 0 Å². The van der Waals surface area contributed by atoms with Gasteiger partial charge in [-0.3, -0.25) is 0 Å². The van der Waals surface area contributed by atoms with Crippen molar-refractivity contribution >= 4 is 7.12 Å². The molecule has 0 saturated carbocycles. The minimum Gasteiger partial charge on any atom is -0.403 e. The van der Waals surface area contributed by atoms with E-state index in [9.17, 15) is 0 Å². The van der Waals surface area contributed by atoms with Crippen molar-refractivity contribution in [1.29, 1.82) is 0 Å². The zero-order valence-corrected chi connectivity index (χ0v) is 12.5. The summed E-state index contributed by atoms with van der Waals surface area (Å²) < 4.78 is 12.0. The Hall–Kier alpha value is -0.0951. The van der Waals surface area contributed by atoms with Gasteiger partial charge in [0, 0.05) is 26.2 Å². The van der Waals surface area contributed by atoms with Gasteiger partial charge in [-0.2, -0.15) is 0 Å². The van der Waals surface area contributed by atoms with Crippen LogP contribution in [0.1, 0.15) is 27.7 Å². The van der Waals surface area contributed by atoms with E-state index in [1.807, 2.05) is 0 Å². The van der Waals surface area contributed by atoms with Gasteiger partial charge in [-0.25, -0.2) is 0 Å². The van der Waals surface area contributed by atoms with Crippen molar-refractivity contribution in [2.24, 2.45) is 0 Å². The van der Waals surface area contributed by atoms with Crippen LogP contribution < -0.4 is 0 Å². The van der Waals surface area contributed by atoms with Gasteiger partial charge in [-0.1, -0.05) is 0 Å². The van der Waals surface area contributed by atoms with Crippen molar-refractivity contribution in [2.45, 2.75) is 45.2 Å². The SMILES string of the molecule is CN1CCN(CCB2OC(C)(C)C(C)(C)O2)CC1. The average Bonchev–Trinajstić information content (AvgIpc) is 2.47. The molecular formula is C13H27BN2O2. The lowest BCUT2D eigenvalue weighted by Gasteiger charge is -2.32. The number of hydrogen-bond acceptors (Lipinski definition) is 4. The third-order valence-electron chi connectivity index (χ3n) is 4.58. The molecule has 2 aliphatic heterocycles. The van der Waals surface area contributed by atoms with Crippen molar-refractivity contribution in [1.82, 2.24) is 9.80 Å². The van der Waals surface area contributed by atoms with Crippen LogP contribution in [0.3, 0.4) is 0 Å². The monoisotopic (exact) mass is 254 g/mol. The Morgan fingerprint density at radius 1 is 0.944 bits per heavy atom. The highest BCUT2D eigenvalue weighted by molar-refractivity contribution is 6.45. The van der Waals surface area contributed by atoms with Gasteiger partial charge in [-0.05, 0) is 47.6 Å². The molecule has 0 aromatic carbocycles. The first-order chi connectivity index (χ1) is 8.30. The van der Waals surface area contributed by atoms with E-state index in [-0.39, 0.29) is 18.3 Å². The van der Waals surface area contributed by atoms with Gasteiger partial charge in [0.05, 0.1) is 11.2 Å². The van der Waals surface area contributed by atoms with Crippen molar-refractivity contribution in [3.05, 3.63) is 0 Å². The van der Waals surface area contributed by atoms with Crippen LogP contribution in [0.4, 0.5) is 0 Å². The van der Waals surface area contributed by atoms with Gasteiger partial charge in [0.1, 0.15) is 0 Å².